The van der Waals surface area contributed by atoms with Crippen molar-refractivity contribution in [1.82, 2.24) is 0 Å². The largest absolute Gasteiger partial charge is 0.477 e. The number of aliphatic hydroxyl groups is 1. The Morgan fingerprint density at radius 3 is 2.64 bits per heavy atom. The highest BCUT2D eigenvalue weighted by Gasteiger charge is 2.35. The molecule has 0 aliphatic heterocycles. The lowest BCUT2D eigenvalue weighted by Crippen LogP contribution is -2.32. The number of alkyl halides is 1. The van der Waals surface area contributed by atoms with Crippen molar-refractivity contribution in [3.05, 3.63) is 24.3 Å². The molecule has 4 nitrogen and oxygen atoms in total. The zero-order valence-corrected chi connectivity index (χ0v) is 15.1. The maximum atomic E-state index is 13.2. The Bertz CT molecular complexity index is 482. The van der Waals surface area contributed by atoms with E-state index in [1.807, 2.05) is 0 Å². The molecule has 0 saturated heterocycles. The van der Waals surface area contributed by atoms with Crippen LogP contribution in [0.15, 0.2) is 24.3 Å². The van der Waals surface area contributed by atoms with Crippen molar-refractivity contribution in [2.45, 2.75) is 77.0 Å². The minimum atomic E-state index is -3.14. The van der Waals surface area contributed by atoms with Crippen LogP contribution >= 0.6 is 0 Å². The van der Waals surface area contributed by atoms with E-state index in [2.05, 4.69) is 31.2 Å². The molecule has 0 heterocycles. The van der Waals surface area contributed by atoms with Gasteiger partial charge in [-0.05, 0) is 44.4 Å². The van der Waals surface area contributed by atoms with Crippen LogP contribution in [0.4, 0.5) is 4.39 Å². The van der Waals surface area contributed by atoms with Crippen molar-refractivity contribution in [3.63, 3.8) is 0 Å². The monoisotopic (exact) mass is 354 g/mol. The maximum absolute atomic E-state index is 13.2. The second-order valence-electron chi connectivity index (χ2n) is 6.82. The summed E-state index contributed by atoms with van der Waals surface area (Å²) in [6, 6.07) is 0. The lowest BCUT2D eigenvalue weighted by atomic mass is 9.89. The van der Waals surface area contributed by atoms with E-state index in [-0.39, 0.29) is 5.92 Å². The predicted molar refractivity (Wildman–Crippen MR) is 95.8 cm³/mol. The molecule has 3 atom stereocenters. The van der Waals surface area contributed by atoms with Gasteiger partial charge in [0.15, 0.2) is 0 Å². The molecule has 0 aromatic rings. The molecule has 0 spiro atoms. The fraction of sp³-hybridized carbons (Fsp3) is 0.700. The Morgan fingerprint density at radius 2 is 1.96 bits per heavy atom. The highest BCUT2D eigenvalue weighted by molar-refractivity contribution is 5.83. The molecule has 142 valence electrons. The van der Waals surface area contributed by atoms with Crippen molar-refractivity contribution in [2.24, 2.45) is 11.8 Å². The molecule has 0 aromatic carbocycles. The van der Waals surface area contributed by atoms with Gasteiger partial charge in [0.1, 0.15) is 5.78 Å². The minimum absolute atomic E-state index is 0.0335. The maximum Gasteiger partial charge on any atom is 0.369 e. The van der Waals surface area contributed by atoms with Crippen molar-refractivity contribution < 1.29 is 24.2 Å². The molecule has 1 aliphatic carbocycles. The number of unbranched alkanes of at least 4 members (excludes halogenated alkanes) is 3. The fourth-order valence-corrected chi connectivity index (χ4v) is 3.29. The number of ketones is 1. The standard InChI is InChI=1S/C20H31FO4/c1-2-3-4-5-6-8-11-16-13-14-18(22)17(16)12-9-7-10-15-20(21,25)19(23)24/h3-4,8,11,16-17,25H,2,5-7,9-10,12-15H2,1H3,(H,23,24)/t16-,17+,20?/m0/s1. The quantitative estimate of drug-likeness (QED) is 0.397. The first-order valence-corrected chi connectivity index (χ1v) is 9.37. The molecule has 0 amide bonds. The number of carboxylic acid groups (broad SMARTS) is 1. The van der Waals surface area contributed by atoms with Crippen LogP contribution in [0.1, 0.15) is 71.1 Å². The second-order valence-corrected chi connectivity index (χ2v) is 6.82. The number of rotatable bonds is 12. The number of carbonyl (C=O) groups is 2. The summed E-state index contributed by atoms with van der Waals surface area (Å²) in [5.74, 6) is -4.35. The van der Waals surface area contributed by atoms with Gasteiger partial charge in [-0.25, -0.2) is 4.79 Å². The third kappa shape index (κ3) is 7.95. The molecule has 25 heavy (non-hydrogen) atoms. The number of hydrogen-bond donors (Lipinski definition) is 2. The van der Waals surface area contributed by atoms with Crippen LogP contribution in [0, 0.1) is 11.8 Å². The highest BCUT2D eigenvalue weighted by Crippen LogP contribution is 2.34. The lowest BCUT2D eigenvalue weighted by molar-refractivity contribution is -0.181. The number of carbonyl (C=O) groups excluding carboxylic acids is 1. The number of Topliss-reactive ketones (excluding diaryl/α,β-unsaturated/α-hetero) is 1. The van der Waals surface area contributed by atoms with E-state index in [1.165, 1.54) is 0 Å². The molecule has 0 aromatic heterocycles. The molecular weight excluding hydrogens is 323 g/mol. The number of allylic oxidation sites excluding steroid dienone is 4. The normalized spacial score (nSPS) is 23.6. The molecule has 1 aliphatic rings. The summed E-state index contributed by atoms with van der Waals surface area (Å²) in [5.41, 5.74) is 0. The highest BCUT2D eigenvalue weighted by atomic mass is 19.2. The third-order valence-corrected chi connectivity index (χ3v) is 4.79. The average Bonchev–Trinajstić information content (AvgIpc) is 2.90. The van der Waals surface area contributed by atoms with E-state index in [0.29, 0.717) is 31.0 Å². The second kappa shape index (κ2) is 11.2. The van der Waals surface area contributed by atoms with Crippen LogP contribution < -0.4 is 0 Å². The third-order valence-electron chi connectivity index (χ3n) is 4.79. The average molecular weight is 354 g/mol. The van der Waals surface area contributed by atoms with Gasteiger partial charge < -0.3 is 10.2 Å². The molecule has 1 unspecified atom stereocenters. The van der Waals surface area contributed by atoms with Gasteiger partial charge in [0.25, 0.3) is 0 Å². The summed E-state index contributed by atoms with van der Waals surface area (Å²) in [6.07, 6.45) is 15.2. The van der Waals surface area contributed by atoms with Crippen LogP contribution in [-0.4, -0.2) is 27.8 Å². The first-order valence-electron chi connectivity index (χ1n) is 9.37. The Balaban J connectivity index is 2.30. The van der Waals surface area contributed by atoms with Gasteiger partial charge in [0.05, 0.1) is 0 Å². The summed E-state index contributed by atoms with van der Waals surface area (Å²) in [4.78, 5) is 22.5. The predicted octanol–water partition coefficient (Wildman–Crippen LogP) is 4.58. The summed E-state index contributed by atoms with van der Waals surface area (Å²) < 4.78 is 13.2. The van der Waals surface area contributed by atoms with Gasteiger partial charge in [-0.15, -0.1) is 0 Å². The molecule has 0 radical (unpaired) electrons. The smallest absolute Gasteiger partial charge is 0.369 e. The van der Waals surface area contributed by atoms with E-state index < -0.39 is 18.2 Å². The number of carboxylic acids is 1. The first kappa shape index (κ1) is 21.6. The number of halogens is 1. The van der Waals surface area contributed by atoms with Gasteiger partial charge in [0, 0.05) is 18.8 Å². The zero-order valence-electron chi connectivity index (χ0n) is 15.1. The van der Waals surface area contributed by atoms with E-state index in [0.717, 1.165) is 38.5 Å². The van der Waals surface area contributed by atoms with Crippen LogP contribution in [0.5, 0.6) is 0 Å². The van der Waals surface area contributed by atoms with Crippen molar-refractivity contribution in [3.8, 4) is 0 Å². The molecule has 2 N–H and O–H groups in total. The topological polar surface area (TPSA) is 74.6 Å². The van der Waals surface area contributed by atoms with Crippen LogP contribution in [0.3, 0.4) is 0 Å². The van der Waals surface area contributed by atoms with E-state index in [4.69, 9.17) is 10.2 Å². The van der Waals surface area contributed by atoms with E-state index in [1.54, 1.807) is 0 Å². The Morgan fingerprint density at radius 1 is 1.24 bits per heavy atom. The van der Waals surface area contributed by atoms with Crippen LogP contribution in [-0.2, 0) is 9.59 Å². The van der Waals surface area contributed by atoms with Crippen molar-refractivity contribution in [1.29, 1.82) is 0 Å². The molecule has 5 heteroatoms. The Hall–Kier alpha value is -1.49. The van der Waals surface area contributed by atoms with Crippen molar-refractivity contribution >= 4 is 11.8 Å². The van der Waals surface area contributed by atoms with E-state index >= 15 is 0 Å². The minimum Gasteiger partial charge on any atom is -0.477 e. The molecule has 1 rings (SSSR count). The summed E-state index contributed by atoms with van der Waals surface area (Å²) in [5, 5.41) is 17.5. The van der Waals surface area contributed by atoms with E-state index in [9.17, 15) is 14.0 Å². The van der Waals surface area contributed by atoms with Gasteiger partial charge >= 0.3 is 11.8 Å². The molecular formula is C20H31FO4. The van der Waals surface area contributed by atoms with Gasteiger partial charge in [0.2, 0.25) is 0 Å². The summed E-state index contributed by atoms with van der Waals surface area (Å²) in [7, 11) is 0. The zero-order chi connectivity index (χ0) is 18.7. The molecule has 0 bridgehead atoms. The molecule has 1 fully saturated rings. The lowest BCUT2D eigenvalue weighted by Gasteiger charge is -2.16. The fourth-order valence-electron chi connectivity index (χ4n) is 3.29. The van der Waals surface area contributed by atoms with Crippen LogP contribution in [0.25, 0.3) is 0 Å². The summed E-state index contributed by atoms with van der Waals surface area (Å²) in [6.45, 7) is 2.11. The van der Waals surface area contributed by atoms with Gasteiger partial charge in [-0.3, -0.25) is 4.79 Å². The number of aliphatic carboxylic acids is 1. The summed E-state index contributed by atoms with van der Waals surface area (Å²) >= 11 is 0. The van der Waals surface area contributed by atoms with Crippen LogP contribution in [0.2, 0.25) is 0 Å². The first-order chi connectivity index (χ1) is 11.9. The Kier molecular flexibility index (Phi) is 9.65. The Labute approximate surface area is 149 Å². The van der Waals surface area contributed by atoms with Gasteiger partial charge in [-0.1, -0.05) is 44.1 Å². The number of hydrogen-bond acceptors (Lipinski definition) is 3. The SMILES string of the molecule is CCC=CCCC=C[C@H]1CCC(=O)[C@@H]1CCCCCC(O)(F)C(=O)O. The van der Waals surface area contributed by atoms with Gasteiger partial charge in [-0.2, -0.15) is 4.39 Å². The molecule has 1 saturated carbocycles. The van der Waals surface area contributed by atoms with Crippen molar-refractivity contribution in [2.75, 3.05) is 0 Å².